The fraction of sp³-hybridized carbons (Fsp3) is 0.200. The molecule has 0 aliphatic carbocycles. The first-order valence-corrected chi connectivity index (χ1v) is 4.10. The monoisotopic (exact) mass is 181 g/mol. The Morgan fingerprint density at radius 3 is 2.92 bits per heavy atom. The van der Waals surface area contributed by atoms with E-state index >= 15 is 0 Å². The van der Waals surface area contributed by atoms with E-state index < -0.39 is 6.43 Å². The van der Waals surface area contributed by atoms with Gasteiger partial charge in [-0.1, -0.05) is 24.3 Å². The second kappa shape index (κ2) is 3.17. The second-order valence-electron chi connectivity index (χ2n) is 2.93. The number of anilines is 1. The fourth-order valence-electron chi connectivity index (χ4n) is 1.36. The molecule has 0 aromatic heterocycles. The van der Waals surface area contributed by atoms with Gasteiger partial charge in [0, 0.05) is 17.8 Å². The average molecular weight is 181 g/mol. The van der Waals surface area contributed by atoms with Crippen molar-refractivity contribution in [2.24, 2.45) is 0 Å². The van der Waals surface area contributed by atoms with Crippen molar-refractivity contribution in [3.8, 4) is 0 Å². The summed E-state index contributed by atoms with van der Waals surface area (Å²) in [6.07, 6.45) is 1.50. The smallest absolute Gasteiger partial charge is 0.263 e. The van der Waals surface area contributed by atoms with Gasteiger partial charge < -0.3 is 5.32 Å². The zero-order chi connectivity index (χ0) is 9.26. The van der Waals surface area contributed by atoms with Gasteiger partial charge in [-0.2, -0.15) is 0 Å². The summed E-state index contributed by atoms with van der Waals surface area (Å²) >= 11 is 0. The van der Waals surface area contributed by atoms with Gasteiger partial charge in [-0.25, -0.2) is 8.78 Å². The maximum atomic E-state index is 12.3. The number of fused-ring (bicyclic) bond motifs is 1. The first-order chi connectivity index (χ1) is 6.27. The lowest BCUT2D eigenvalue weighted by Gasteiger charge is -2.13. The van der Waals surface area contributed by atoms with Gasteiger partial charge >= 0.3 is 0 Å². The van der Waals surface area contributed by atoms with Crippen LogP contribution in [0.5, 0.6) is 0 Å². The van der Waals surface area contributed by atoms with E-state index in [1.165, 1.54) is 12.1 Å². The van der Waals surface area contributed by atoms with Crippen LogP contribution in [0.25, 0.3) is 6.08 Å². The zero-order valence-electron chi connectivity index (χ0n) is 6.93. The van der Waals surface area contributed by atoms with Crippen LogP contribution in [0.3, 0.4) is 0 Å². The molecule has 0 atom stereocenters. The van der Waals surface area contributed by atoms with Crippen LogP contribution < -0.4 is 5.32 Å². The van der Waals surface area contributed by atoms with Crippen LogP contribution in [0.4, 0.5) is 14.5 Å². The van der Waals surface area contributed by atoms with Gasteiger partial charge in [0.25, 0.3) is 6.43 Å². The van der Waals surface area contributed by atoms with Crippen molar-refractivity contribution in [1.82, 2.24) is 0 Å². The van der Waals surface area contributed by atoms with E-state index in [9.17, 15) is 8.78 Å². The third-order valence-electron chi connectivity index (χ3n) is 2.04. The molecule has 0 fully saturated rings. The first-order valence-electron chi connectivity index (χ1n) is 4.10. The number of rotatable bonds is 1. The Kier molecular flexibility index (Phi) is 2.00. The van der Waals surface area contributed by atoms with Crippen molar-refractivity contribution in [1.29, 1.82) is 0 Å². The van der Waals surface area contributed by atoms with E-state index in [-0.39, 0.29) is 5.56 Å². The molecule has 13 heavy (non-hydrogen) atoms. The number of alkyl halides is 2. The molecule has 2 rings (SSSR count). The second-order valence-corrected chi connectivity index (χ2v) is 2.93. The molecule has 0 amide bonds. The van der Waals surface area contributed by atoms with Gasteiger partial charge in [-0.3, -0.25) is 0 Å². The van der Waals surface area contributed by atoms with Crippen LogP contribution in [-0.4, -0.2) is 6.54 Å². The highest BCUT2D eigenvalue weighted by atomic mass is 19.3. The van der Waals surface area contributed by atoms with Crippen molar-refractivity contribution in [3.05, 3.63) is 35.4 Å². The topological polar surface area (TPSA) is 12.0 Å². The Hall–Kier alpha value is -1.38. The van der Waals surface area contributed by atoms with Crippen molar-refractivity contribution < 1.29 is 8.78 Å². The maximum Gasteiger partial charge on any atom is 0.263 e. The summed E-state index contributed by atoms with van der Waals surface area (Å²) in [5, 5.41) is 3.04. The third kappa shape index (κ3) is 1.54. The minimum atomic E-state index is -2.39. The first kappa shape index (κ1) is 8.23. The molecule has 0 spiro atoms. The summed E-state index contributed by atoms with van der Waals surface area (Å²) in [6, 6.07) is 4.67. The van der Waals surface area contributed by atoms with Gasteiger partial charge in [0.1, 0.15) is 0 Å². The predicted octanol–water partition coefficient (Wildman–Crippen LogP) is 3.06. The average Bonchev–Trinajstić information content (AvgIpc) is 2.17. The molecule has 0 saturated carbocycles. The Morgan fingerprint density at radius 1 is 1.31 bits per heavy atom. The molecule has 1 N–H and O–H groups in total. The summed E-state index contributed by atoms with van der Waals surface area (Å²) in [5.41, 5.74) is 1.83. The van der Waals surface area contributed by atoms with Gasteiger partial charge in [0.05, 0.1) is 0 Å². The molecule has 1 aliphatic heterocycles. The SMILES string of the molecule is FC(F)c1ccc2c(c1)NCC=C2. The van der Waals surface area contributed by atoms with E-state index in [2.05, 4.69) is 5.32 Å². The van der Waals surface area contributed by atoms with Gasteiger partial charge in [0.15, 0.2) is 0 Å². The van der Waals surface area contributed by atoms with E-state index in [0.29, 0.717) is 6.54 Å². The van der Waals surface area contributed by atoms with E-state index in [4.69, 9.17) is 0 Å². The minimum Gasteiger partial charge on any atom is -0.381 e. The van der Waals surface area contributed by atoms with Crippen molar-refractivity contribution in [2.75, 3.05) is 11.9 Å². The largest absolute Gasteiger partial charge is 0.381 e. The summed E-state index contributed by atoms with van der Waals surface area (Å²) < 4.78 is 24.6. The van der Waals surface area contributed by atoms with Crippen molar-refractivity contribution in [3.63, 3.8) is 0 Å². The van der Waals surface area contributed by atoms with Crippen LogP contribution >= 0.6 is 0 Å². The lowest BCUT2D eigenvalue weighted by atomic mass is 10.1. The highest BCUT2D eigenvalue weighted by Crippen LogP contribution is 2.27. The highest BCUT2D eigenvalue weighted by Gasteiger charge is 2.10. The third-order valence-corrected chi connectivity index (χ3v) is 2.04. The lowest BCUT2D eigenvalue weighted by Crippen LogP contribution is -2.04. The van der Waals surface area contributed by atoms with Crippen LogP contribution in [0.1, 0.15) is 17.6 Å². The van der Waals surface area contributed by atoms with Crippen LogP contribution in [-0.2, 0) is 0 Å². The van der Waals surface area contributed by atoms with Crippen LogP contribution in [0.2, 0.25) is 0 Å². The standard InChI is InChI=1S/C10H9F2N/c11-10(12)8-4-3-7-2-1-5-13-9(7)6-8/h1-4,6,10,13H,5H2. The zero-order valence-corrected chi connectivity index (χ0v) is 6.93. The summed E-state index contributed by atoms with van der Waals surface area (Å²) in [6.45, 7) is 0.708. The van der Waals surface area contributed by atoms with Crippen molar-refractivity contribution in [2.45, 2.75) is 6.43 Å². The maximum absolute atomic E-state index is 12.3. The lowest BCUT2D eigenvalue weighted by molar-refractivity contribution is 0.151. The van der Waals surface area contributed by atoms with E-state index in [0.717, 1.165) is 11.3 Å². The Balaban J connectivity index is 2.42. The van der Waals surface area contributed by atoms with Gasteiger partial charge in [-0.05, 0) is 11.6 Å². The summed E-state index contributed by atoms with van der Waals surface area (Å²) in [7, 11) is 0. The molecule has 1 aliphatic rings. The molecule has 0 unspecified atom stereocenters. The van der Waals surface area contributed by atoms with Gasteiger partial charge in [0.2, 0.25) is 0 Å². The van der Waals surface area contributed by atoms with Gasteiger partial charge in [-0.15, -0.1) is 0 Å². The number of hydrogen-bond donors (Lipinski definition) is 1. The molecule has 68 valence electrons. The highest BCUT2D eigenvalue weighted by molar-refractivity contribution is 5.70. The number of hydrogen-bond acceptors (Lipinski definition) is 1. The molecule has 0 radical (unpaired) electrons. The van der Waals surface area contributed by atoms with Crippen molar-refractivity contribution >= 4 is 11.8 Å². The Labute approximate surface area is 75.1 Å². The molecule has 0 saturated heterocycles. The van der Waals surface area contributed by atoms with E-state index in [1.807, 2.05) is 12.2 Å². The quantitative estimate of drug-likeness (QED) is 0.702. The molecule has 1 heterocycles. The number of benzene rings is 1. The normalized spacial score (nSPS) is 14.1. The fourth-order valence-corrected chi connectivity index (χ4v) is 1.36. The minimum absolute atomic E-state index is 0.0709. The Morgan fingerprint density at radius 2 is 2.15 bits per heavy atom. The molecule has 1 aromatic carbocycles. The molecule has 1 nitrogen and oxygen atoms in total. The summed E-state index contributed by atoms with van der Waals surface area (Å²) in [4.78, 5) is 0. The Bertz CT molecular complexity index is 345. The van der Waals surface area contributed by atoms with Crippen LogP contribution in [0.15, 0.2) is 24.3 Å². The molecule has 3 heteroatoms. The van der Waals surface area contributed by atoms with E-state index in [1.54, 1.807) is 6.07 Å². The number of halogens is 2. The molecular weight excluding hydrogens is 172 g/mol. The summed E-state index contributed by atoms with van der Waals surface area (Å²) in [5.74, 6) is 0. The molecule has 0 bridgehead atoms. The van der Waals surface area contributed by atoms with Crippen LogP contribution in [0, 0.1) is 0 Å². The molecular formula is C10H9F2N. The predicted molar refractivity (Wildman–Crippen MR) is 48.9 cm³/mol. The molecule has 1 aromatic rings. The number of nitrogens with one attached hydrogen (secondary N) is 1.